The number of carbonyl (C=O) groups excluding carboxylic acids is 2. The molecule has 0 bridgehead atoms. The topological polar surface area (TPSA) is 75.4 Å². The number of hydrogen-bond acceptors (Lipinski definition) is 3. The number of amides is 2. The van der Waals surface area contributed by atoms with Gasteiger partial charge in [-0.3, -0.25) is 9.59 Å². The SMILES string of the molecule is Cc1ccc2c(c1)CCCN2C(=O)CNC(=O)[C@@H](N)C(C)C.Cl. The highest BCUT2D eigenvalue weighted by Gasteiger charge is 2.24. The fourth-order valence-electron chi connectivity index (χ4n) is 2.66. The van der Waals surface area contributed by atoms with Crippen molar-refractivity contribution in [3.63, 3.8) is 0 Å². The lowest BCUT2D eigenvalue weighted by Gasteiger charge is -2.30. The van der Waals surface area contributed by atoms with Gasteiger partial charge in [0.25, 0.3) is 0 Å². The van der Waals surface area contributed by atoms with Crippen molar-refractivity contribution in [2.24, 2.45) is 11.7 Å². The van der Waals surface area contributed by atoms with Gasteiger partial charge in [0.05, 0.1) is 12.6 Å². The highest BCUT2D eigenvalue weighted by molar-refractivity contribution is 5.98. The maximum absolute atomic E-state index is 12.4. The summed E-state index contributed by atoms with van der Waals surface area (Å²) in [5.74, 6) is -0.313. The summed E-state index contributed by atoms with van der Waals surface area (Å²) in [6, 6.07) is 5.55. The second-order valence-corrected chi connectivity index (χ2v) is 6.27. The molecule has 5 nitrogen and oxygen atoms in total. The first-order valence-corrected chi connectivity index (χ1v) is 7.83. The van der Waals surface area contributed by atoms with Gasteiger partial charge in [0.1, 0.15) is 0 Å². The summed E-state index contributed by atoms with van der Waals surface area (Å²) in [5, 5.41) is 2.65. The normalized spacial score (nSPS) is 14.7. The van der Waals surface area contributed by atoms with Gasteiger partial charge in [-0.2, -0.15) is 0 Å². The molecule has 2 rings (SSSR count). The molecule has 1 aliphatic heterocycles. The summed E-state index contributed by atoms with van der Waals surface area (Å²) in [5.41, 5.74) is 9.14. The summed E-state index contributed by atoms with van der Waals surface area (Å²) in [6.07, 6.45) is 1.94. The van der Waals surface area contributed by atoms with Crippen LogP contribution in [0.25, 0.3) is 0 Å². The van der Waals surface area contributed by atoms with E-state index in [1.165, 1.54) is 11.1 Å². The Morgan fingerprint density at radius 1 is 1.35 bits per heavy atom. The molecular weight excluding hydrogens is 314 g/mol. The quantitative estimate of drug-likeness (QED) is 0.878. The molecule has 0 aromatic heterocycles. The second-order valence-electron chi connectivity index (χ2n) is 6.27. The Balaban J connectivity index is 0.00000264. The molecule has 0 fully saturated rings. The van der Waals surface area contributed by atoms with Gasteiger partial charge in [-0.15, -0.1) is 12.4 Å². The summed E-state index contributed by atoms with van der Waals surface area (Å²) in [7, 11) is 0. The van der Waals surface area contributed by atoms with Gasteiger partial charge in [0, 0.05) is 12.2 Å². The zero-order valence-electron chi connectivity index (χ0n) is 14.0. The van der Waals surface area contributed by atoms with Crippen LogP contribution in [0.1, 0.15) is 31.4 Å². The van der Waals surface area contributed by atoms with Crippen LogP contribution in [0.5, 0.6) is 0 Å². The van der Waals surface area contributed by atoms with Crippen molar-refractivity contribution in [3.8, 4) is 0 Å². The Hall–Kier alpha value is -1.59. The lowest BCUT2D eigenvalue weighted by molar-refractivity contribution is -0.126. The van der Waals surface area contributed by atoms with E-state index < -0.39 is 6.04 Å². The Morgan fingerprint density at radius 2 is 2.04 bits per heavy atom. The number of fused-ring (bicyclic) bond motifs is 1. The summed E-state index contributed by atoms with van der Waals surface area (Å²) >= 11 is 0. The lowest BCUT2D eigenvalue weighted by atomic mass is 9.99. The van der Waals surface area contributed by atoms with Crippen molar-refractivity contribution in [1.29, 1.82) is 0 Å². The third-order valence-electron chi connectivity index (χ3n) is 4.09. The van der Waals surface area contributed by atoms with Crippen molar-refractivity contribution < 1.29 is 9.59 Å². The van der Waals surface area contributed by atoms with Gasteiger partial charge in [-0.1, -0.05) is 31.5 Å². The Labute approximate surface area is 144 Å². The van der Waals surface area contributed by atoms with Crippen LogP contribution in [0, 0.1) is 12.8 Å². The Morgan fingerprint density at radius 3 is 2.70 bits per heavy atom. The first kappa shape index (κ1) is 19.5. The molecule has 128 valence electrons. The van der Waals surface area contributed by atoms with E-state index in [2.05, 4.69) is 18.3 Å². The fourth-order valence-corrected chi connectivity index (χ4v) is 2.66. The van der Waals surface area contributed by atoms with Crippen molar-refractivity contribution in [2.45, 2.75) is 39.7 Å². The number of rotatable bonds is 4. The zero-order valence-corrected chi connectivity index (χ0v) is 14.8. The highest BCUT2D eigenvalue weighted by Crippen LogP contribution is 2.27. The molecule has 1 heterocycles. The van der Waals surface area contributed by atoms with E-state index in [4.69, 9.17) is 5.73 Å². The van der Waals surface area contributed by atoms with Gasteiger partial charge >= 0.3 is 0 Å². The van der Waals surface area contributed by atoms with E-state index in [1.54, 1.807) is 4.90 Å². The molecule has 0 saturated heterocycles. The van der Waals surface area contributed by atoms with Crippen LogP contribution in [-0.2, 0) is 16.0 Å². The number of benzene rings is 1. The number of aryl methyl sites for hydroxylation is 2. The van der Waals surface area contributed by atoms with E-state index in [9.17, 15) is 9.59 Å². The number of hydrogen-bond donors (Lipinski definition) is 2. The molecule has 1 aliphatic rings. The number of nitrogens with zero attached hydrogens (tertiary/aromatic N) is 1. The Bertz CT molecular complexity index is 575. The number of nitrogens with one attached hydrogen (secondary N) is 1. The van der Waals surface area contributed by atoms with Crippen molar-refractivity contribution in [1.82, 2.24) is 5.32 Å². The van der Waals surface area contributed by atoms with Crippen molar-refractivity contribution >= 4 is 29.9 Å². The van der Waals surface area contributed by atoms with E-state index in [1.807, 2.05) is 26.0 Å². The molecule has 0 saturated carbocycles. The van der Waals surface area contributed by atoms with E-state index >= 15 is 0 Å². The highest BCUT2D eigenvalue weighted by atomic mass is 35.5. The van der Waals surface area contributed by atoms with Gasteiger partial charge in [0.15, 0.2) is 0 Å². The van der Waals surface area contributed by atoms with Gasteiger partial charge in [0.2, 0.25) is 11.8 Å². The molecule has 1 atom stereocenters. The molecule has 3 N–H and O–H groups in total. The molecule has 1 aromatic carbocycles. The number of anilines is 1. The van der Waals surface area contributed by atoms with Crippen LogP contribution in [0.4, 0.5) is 5.69 Å². The average Bonchev–Trinajstić information content (AvgIpc) is 2.50. The summed E-state index contributed by atoms with van der Waals surface area (Å²) < 4.78 is 0. The number of halogens is 1. The van der Waals surface area contributed by atoms with Crippen LogP contribution in [0.15, 0.2) is 18.2 Å². The minimum atomic E-state index is -0.580. The molecule has 1 aromatic rings. The zero-order chi connectivity index (χ0) is 16.3. The Kier molecular flexibility index (Phi) is 7.03. The molecule has 23 heavy (non-hydrogen) atoms. The average molecular weight is 340 g/mol. The van der Waals surface area contributed by atoms with Crippen molar-refractivity contribution in [3.05, 3.63) is 29.3 Å². The first-order valence-electron chi connectivity index (χ1n) is 7.83. The fraction of sp³-hybridized carbons (Fsp3) is 0.529. The minimum absolute atomic E-state index is 0. The third-order valence-corrected chi connectivity index (χ3v) is 4.09. The number of carbonyl (C=O) groups is 2. The molecule has 0 spiro atoms. The first-order chi connectivity index (χ1) is 10.4. The minimum Gasteiger partial charge on any atom is -0.346 e. The van der Waals surface area contributed by atoms with Crippen LogP contribution >= 0.6 is 12.4 Å². The molecule has 0 aliphatic carbocycles. The lowest BCUT2D eigenvalue weighted by Crippen LogP contribution is -2.48. The monoisotopic (exact) mass is 339 g/mol. The second kappa shape index (κ2) is 8.31. The smallest absolute Gasteiger partial charge is 0.246 e. The molecule has 2 amide bonds. The van der Waals surface area contributed by atoms with Crippen LogP contribution in [0.2, 0.25) is 0 Å². The van der Waals surface area contributed by atoms with E-state index in [0.717, 1.165) is 18.5 Å². The maximum atomic E-state index is 12.4. The molecule has 0 unspecified atom stereocenters. The third kappa shape index (κ3) is 4.69. The van der Waals surface area contributed by atoms with Crippen LogP contribution < -0.4 is 16.0 Å². The largest absolute Gasteiger partial charge is 0.346 e. The predicted octanol–water partition coefficient (Wildman–Crippen LogP) is 1.80. The summed E-state index contributed by atoms with van der Waals surface area (Å²) in [6.45, 7) is 6.51. The molecular formula is C17H26ClN3O2. The van der Waals surface area contributed by atoms with Crippen LogP contribution in [-0.4, -0.2) is 30.9 Å². The van der Waals surface area contributed by atoms with Gasteiger partial charge in [-0.25, -0.2) is 0 Å². The van der Waals surface area contributed by atoms with E-state index in [-0.39, 0.29) is 36.7 Å². The van der Waals surface area contributed by atoms with Crippen molar-refractivity contribution in [2.75, 3.05) is 18.0 Å². The summed E-state index contributed by atoms with van der Waals surface area (Å²) in [4.78, 5) is 26.0. The van der Waals surface area contributed by atoms with Crippen LogP contribution in [0.3, 0.4) is 0 Å². The predicted molar refractivity (Wildman–Crippen MR) is 94.9 cm³/mol. The molecule has 6 heteroatoms. The number of nitrogens with two attached hydrogens (primary N) is 1. The standard InChI is InChI=1S/C17H25N3O2.ClH/c1-11(2)16(18)17(22)19-10-15(21)20-8-4-5-13-9-12(3)6-7-14(13)20;/h6-7,9,11,16H,4-5,8,10,18H2,1-3H3,(H,19,22);1H/t16-;/m0./s1. The van der Waals surface area contributed by atoms with Gasteiger partial charge in [-0.05, 0) is 37.3 Å². The molecule has 0 radical (unpaired) electrons. The maximum Gasteiger partial charge on any atom is 0.246 e. The van der Waals surface area contributed by atoms with E-state index in [0.29, 0.717) is 6.54 Å². The van der Waals surface area contributed by atoms with Gasteiger partial charge < -0.3 is 16.0 Å².